The molecule has 4 saturated heterocycles. The van der Waals surface area contributed by atoms with Crippen LogP contribution in [-0.2, 0) is 18.9 Å². The first-order valence-electron chi connectivity index (χ1n) is 7.10. The second-order valence-corrected chi connectivity index (χ2v) is 8.52. The number of aliphatic hydroxyl groups excluding tert-OH is 4. The lowest BCUT2D eigenvalue weighted by molar-refractivity contribution is -0.0121. The molecule has 0 radical (unpaired) electrons. The maximum Gasteiger partial charge on any atom is 0.180 e. The molecule has 8 nitrogen and oxygen atoms in total. The van der Waals surface area contributed by atoms with Crippen LogP contribution in [0.5, 0.6) is 0 Å². The number of ether oxygens (including phenoxy) is 4. The van der Waals surface area contributed by atoms with E-state index in [-0.39, 0.29) is 26.4 Å². The number of fused-ring (bicyclic) bond motifs is 2. The van der Waals surface area contributed by atoms with Crippen LogP contribution in [0.15, 0.2) is 0 Å². The molecule has 22 heavy (non-hydrogen) atoms. The van der Waals surface area contributed by atoms with Crippen molar-refractivity contribution in [1.29, 1.82) is 0 Å². The second kappa shape index (κ2) is 5.45. The van der Waals surface area contributed by atoms with Gasteiger partial charge in [-0.15, -0.1) is 0 Å². The van der Waals surface area contributed by atoms with Crippen molar-refractivity contribution in [1.82, 2.24) is 0 Å². The third-order valence-electron chi connectivity index (χ3n) is 4.55. The summed E-state index contributed by atoms with van der Waals surface area (Å²) in [5.74, 6) is 0. The van der Waals surface area contributed by atoms with E-state index in [2.05, 4.69) is 0 Å². The van der Waals surface area contributed by atoms with Crippen LogP contribution >= 0.6 is 21.6 Å². The van der Waals surface area contributed by atoms with Gasteiger partial charge in [0.15, 0.2) is 9.87 Å². The molecule has 4 heterocycles. The van der Waals surface area contributed by atoms with E-state index in [9.17, 15) is 20.4 Å². The molecule has 0 aliphatic carbocycles. The molecule has 0 aromatic carbocycles. The summed E-state index contributed by atoms with van der Waals surface area (Å²) >= 11 is 0. The zero-order valence-corrected chi connectivity index (χ0v) is 13.2. The molecule has 126 valence electrons. The van der Waals surface area contributed by atoms with Gasteiger partial charge in [0.25, 0.3) is 0 Å². The molecule has 0 saturated carbocycles. The first kappa shape index (κ1) is 15.9. The van der Waals surface area contributed by atoms with E-state index in [1.807, 2.05) is 0 Å². The van der Waals surface area contributed by atoms with E-state index < -0.39 is 46.5 Å². The van der Waals surface area contributed by atoms with Gasteiger partial charge in [0, 0.05) is 0 Å². The quantitative estimate of drug-likeness (QED) is 0.426. The molecule has 0 spiro atoms. The summed E-state index contributed by atoms with van der Waals surface area (Å²) in [7, 11) is 2.33. The van der Waals surface area contributed by atoms with Crippen molar-refractivity contribution in [2.24, 2.45) is 0 Å². The van der Waals surface area contributed by atoms with Crippen molar-refractivity contribution in [2.75, 3.05) is 26.4 Å². The highest BCUT2D eigenvalue weighted by atomic mass is 33.1. The topological polar surface area (TPSA) is 118 Å². The average Bonchev–Trinajstić information content (AvgIpc) is 3.18. The molecule has 10 heteroatoms. The minimum atomic E-state index is -1.11. The summed E-state index contributed by atoms with van der Waals surface area (Å²) in [5, 5.41) is 40.3. The summed E-state index contributed by atoms with van der Waals surface area (Å²) < 4.78 is 22.1. The molecule has 4 rings (SSSR count). The second-order valence-electron chi connectivity index (χ2n) is 5.91. The average molecular weight is 354 g/mol. The van der Waals surface area contributed by atoms with Crippen LogP contribution in [0.4, 0.5) is 0 Å². The number of rotatable bonds is 3. The summed E-state index contributed by atoms with van der Waals surface area (Å²) in [4.78, 5) is -2.22. The van der Waals surface area contributed by atoms with Crippen LogP contribution in [-0.4, -0.2) is 93.3 Å². The lowest BCUT2D eigenvalue weighted by atomic mass is 10.1. The van der Waals surface area contributed by atoms with Gasteiger partial charge >= 0.3 is 0 Å². The predicted octanol–water partition coefficient (Wildman–Crippen LogP) is -1.94. The summed E-state index contributed by atoms with van der Waals surface area (Å²) in [6.45, 7) is 0.311. The number of hydrogen-bond donors (Lipinski definition) is 4. The minimum absolute atomic E-state index is 0.0776. The molecule has 4 aliphatic rings. The van der Waals surface area contributed by atoms with Gasteiger partial charge in [0.1, 0.15) is 36.6 Å². The SMILES string of the molecule is O[C@@H]1CO[C@]2(SS[C@@]34OC[C@@H](O)[C@H]3OC[C@@H]4O)[C@@H]1OC[C@@H]2O. The van der Waals surface area contributed by atoms with Crippen LogP contribution in [0.2, 0.25) is 0 Å². The van der Waals surface area contributed by atoms with Crippen LogP contribution in [0.25, 0.3) is 0 Å². The van der Waals surface area contributed by atoms with Crippen LogP contribution < -0.4 is 0 Å². The van der Waals surface area contributed by atoms with Crippen molar-refractivity contribution in [2.45, 2.75) is 46.5 Å². The van der Waals surface area contributed by atoms with Crippen LogP contribution in [0.3, 0.4) is 0 Å². The molecular formula is C12H18O8S2. The highest BCUT2D eigenvalue weighted by Gasteiger charge is 2.65. The highest BCUT2D eigenvalue weighted by molar-refractivity contribution is 8.77. The molecule has 0 bridgehead atoms. The Labute approximate surface area is 134 Å². The monoisotopic (exact) mass is 354 g/mol. The minimum Gasteiger partial charge on any atom is -0.388 e. The molecule has 4 fully saturated rings. The van der Waals surface area contributed by atoms with Gasteiger partial charge < -0.3 is 39.4 Å². The molecular weight excluding hydrogens is 336 g/mol. The normalized spacial score (nSPS) is 57.3. The Hall–Kier alpha value is 0.380. The van der Waals surface area contributed by atoms with E-state index >= 15 is 0 Å². The standard InChI is InChI=1S/C12H18O8S2/c13-5-1-19-11(7(15)3-17-9(5)11)21-22-12-8(16)4-18-10(12)6(14)2-20-12/h5-10,13-16H,1-4H2/t5-,6-,7+,8+,9-,10-,11-,12-/m1/s1. The molecule has 0 unspecified atom stereocenters. The molecule has 4 N–H and O–H groups in total. The van der Waals surface area contributed by atoms with E-state index in [1.54, 1.807) is 0 Å². The third-order valence-corrected chi connectivity index (χ3v) is 8.21. The third kappa shape index (κ3) is 2.03. The first-order chi connectivity index (χ1) is 10.5. The Morgan fingerprint density at radius 2 is 1.09 bits per heavy atom. The van der Waals surface area contributed by atoms with Gasteiger partial charge in [-0.2, -0.15) is 0 Å². The lowest BCUT2D eigenvalue weighted by Gasteiger charge is -2.34. The largest absolute Gasteiger partial charge is 0.388 e. The van der Waals surface area contributed by atoms with Gasteiger partial charge in [0.05, 0.1) is 26.4 Å². The molecule has 0 aromatic heterocycles. The summed E-state index contributed by atoms with van der Waals surface area (Å²) in [6, 6.07) is 0. The van der Waals surface area contributed by atoms with Crippen LogP contribution in [0.1, 0.15) is 0 Å². The van der Waals surface area contributed by atoms with E-state index in [1.165, 1.54) is 21.6 Å². The molecule has 0 aromatic rings. The van der Waals surface area contributed by atoms with Crippen molar-refractivity contribution in [3.8, 4) is 0 Å². The van der Waals surface area contributed by atoms with Gasteiger partial charge in [-0.3, -0.25) is 0 Å². The predicted molar refractivity (Wildman–Crippen MR) is 76.1 cm³/mol. The number of aliphatic hydroxyl groups is 4. The number of hydrogen-bond acceptors (Lipinski definition) is 10. The zero-order chi connectivity index (χ0) is 15.5. The molecule has 8 atom stereocenters. The fourth-order valence-electron chi connectivity index (χ4n) is 3.34. The van der Waals surface area contributed by atoms with Gasteiger partial charge in [-0.25, -0.2) is 0 Å². The van der Waals surface area contributed by atoms with Crippen molar-refractivity contribution >= 4 is 21.6 Å². The maximum atomic E-state index is 10.2. The summed E-state index contributed by atoms with van der Waals surface area (Å²) in [6.07, 6.45) is -4.68. The van der Waals surface area contributed by atoms with Crippen molar-refractivity contribution in [3.05, 3.63) is 0 Å². The van der Waals surface area contributed by atoms with Crippen LogP contribution in [0, 0.1) is 0 Å². The van der Waals surface area contributed by atoms with Crippen molar-refractivity contribution in [3.63, 3.8) is 0 Å². The van der Waals surface area contributed by atoms with E-state index in [0.717, 1.165) is 0 Å². The van der Waals surface area contributed by atoms with Gasteiger partial charge in [-0.05, 0) is 21.6 Å². The Bertz CT molecular complexity index is 415. The van der Waals surface area contributed by atoms with E-state index in [4.69, 9.17) is 18.9 Å². The summed E-state index contributed by atoms with van der Waals surface area (Å²) in [5.41, 5.74) is 0. The zero-order valence-electron chi connectivity index (χ0n) is 11.5. The Balaban J connectivity index is 1.54. The molecule has 0 amide bonds. The maximum absolute atomic E-state index is 10.2. The Kier molecular flexibility index (Phi) is 3.93. The molecule has 4 aliphatic heterocycles. The first-order valence-corrected chi connectivity index (χ1v) is 9.25. The van der Waals surface area contributed by atoms with Gasteiger partial charge in [-0.1, -0.05) is 0 Å². The smallest absolute Gasteiger partial charge is 0.180 e. The van der Waals surface area contributed by atoms with Gasteiger partial charge in [0.2, 0.25) is 0 Å². The fourth-order valence-corrected chi connectivity index (χ4v) is 7.14. The fraction of sp³-hybridized carbons (Fsp3) is 1.00. The lowest BCUT2D eigenvalue weighted by Crippen LogP contribution is -2.47. The van der Waals surface area contributed by atoms with E-state index in [0.29, 0.717) is 0 Å². The van der Waals surface area contributed by atoms with Crippen molar-refractivity contribution < 1.29 is 39.4 Å². The Morgan fingerprint density at radius 3 is 1.50 bits per heavy atom. The Morgan fingerprint density at radius 1 is 0.682 bits per heavy atom. The highest BCUT2D eigenvalue weighted by Crippen LogP contribution is 2.58.